The Morgan fingerprint density at radius 1 is 1.36 bits per heavy atom. The van der Waals surface area contributed by atoms with Gasteiger partial charge < -0.3 is 0 Å². The second-order valence-corrected chi connectivity index (χ2v) is 2.85. The molecule has 0 aliphatic rings. The summed E-state index contributed by atoms with van der Waals surface area (Å²) in [6, 6.07) is 6.02. The molecule has 0 bridgehead atoms. The highest BCUT2D eigenvalue weighted by Gasteiger charge is 2.27. The normalized spacial score (nSPS) is 11.6. The predicted octanol–water partition coefficient (Wildman–Crippen LogP) is 3.43. The third-order valence-corrected chi connectivity index (χ3v) is 1.52. The third-order valence-electron chi connectivity index (χ3n) is 1.08. The number of hydrogen-bond donors (Lipinski definition) is 0. The average molecular weight is 196 g/mol. The van der Waals surface area contributed by atoms with Gasteiger partial charge in [0, 0.05) is 10.6 Å². The van der Waals surface area contributed by atoms with Gasteiger partial charge in [-0.25, -0.2) is 0 Å². The maximum atomic E-state index is 12.3. The van der Waals surface area contributed by atoms with Crippen LogP contribution in [0.4, 0.5) is 8.78 Å². The van der Waals surface area contributed by atoms with Crippen LogP contribution in [0.5, 0.6) is 0 Å². The Bertz CT molecular complexity index is 255. The van der Waals surface area contributed by atoms with E-state index >= 15 is 0 Å². The lowest BCUT2D eigenvalue weighted by atomic mass is 10.2. The zero-order valence-electron chi connectivity index (χ0n) is 5.24. The summed E-state index contributed by atoms with van der Waals surface area (Å²) in [7, 11) is 0. The smallest absolute Gasteiger partial charge is 0.183 e. The summed E-state index contributed by atoms with van der Waals surface area (Å²) in [6.07, 6.45) is 0. The van der Waals surface area contributed by atoms with E-state index in [0.717, 1.165) is 12.1 Å². The fourth-order valence-electron chi connectivity index (χ4n) is 0.607. The fraction of sp³-hybridized carbons (Fsp3) is 0.143. The zero-order chi connectivity index (χ0) is 8.48. The van der Waals surface area contributed by atoms with Crippen molar-refractivity contribution in [3.8, 4) is 0 Å². The van der Waals surface area contributed by atoms with Gasteiger partial charge in [-0.3, -0.25) is 0 Å². The van der Waals surface area contributed by atoms with Crippen LogP contribution >= 0.6 is 23.2 Å². The summed E-state index contributed by atoms with van der Waals surface area (Å²) in [5, 5.41) is -3.16. The third kappa shape index (κ3) is 2.31. The highest BCUT2D eigenvalue weighted by atomic mass is 35.5. The first-order valence-electron chi connectivity index (χ1n) is 2.74. The highest BCUT2D eigenvalue weighted by molar-refractivity contribution is 6.30. The lowest BCUT2D eigenvalue weighted by Gasteiger charge is -2.06. The molecule has 0 spiro atoms. The van der Waals surface area contributed by atoms with Gasteiger partial charge in [-0.05, 0) is 35.9 Å². The van der Waals surface area contributed by atoms with E-state index in [0.29, 0.717) is 0 Å². The molecule has 0 saturated carbocycles. The van der Waals surface area contributed by atoms with E-state index < -0.39 is 5.38 Å². The lowest BCUT2D eigenvalue weighted by Crippen LogP contribution is -2.02. The molecule has 0 aliphatic heterocycles. The summed E-state index contributed by atoms with van der Waals surface area (Å²) in [5.41, 5.74) is -0.341. The Balaban J connectivity index is 3.06. The van der Waals surface area contributed by atoms with Gasteiger partial charge >= 0.3 is 5.38 Å². The topological polar surface area (TPSA) is 0 Å². The molecule has 0 nitrogen and oxygen atoms in total. The molecule has 0 amide bonds. The van der Waals surface area contributed by atoms with Crippen molar-refractivity contribution in [2.24, 2.45) is 0 Å². The molecular weight excluding hydrogens is 193 g/mol. The van der Waals surface area contributed by atoms with Gasteiger partial charge in [0.15, 0.2) is 0 Å². The molecule has 1 aromatic carbocycles. The summed E-state index contributed by atoms with van der Waals surface area (Å²) in [4.78, 5) is 0. The molecule has 0 aromatic heterocycles. The molecule has 1 radical (unpaired) electrons. The van der Waals surface area contributed by atoms with E-state index in [9.17, 15) is 8.78 Å². The molecule has 1 aromatic rings. The van der Waals surface area contributed by atoms with Gasteiger partial charge in [-0.2, -0.15) is 8.78 Å². The fourth-order valence-corrected chi connectivity index (χ4v) is 0.896. The van der Waals surface area contributed by atoms with Gasteiger partial charge in [0.25, 0.3) is 0 Å². The van der Waals surface area contributed by atoms with Crippen LogP contribution in [0.25, 0.3) is 0 Å². The molecule has 11 heavy (non-hydrogen) atoms. The van der Waals surface area contributed by atoms with Gasteiger partial charge in [0.2, 0.25) is 0 Å². The molecule has 0 saturated heterocycles. The Morgan fingerprint density at radius 2 is 2.00 bits per heavy atom. The van der Waals surface area contributed by atoms with E-state index in [1.165, 1.54) is 6.07 Å². The standard InChI is InChI=1S/C7H3Cl2F2/c8-6-3-1-2-5(4-6)7(9,10)11/h2-4H. The number of halogens is 4. The summed E-state index contributed by atoms with van der Waals surface area (Å²) in [6.45, 7) is 0. The maximum absolute atomic E-state index is 12.3. The van der Waals surface area contributed by atoms with E-state index in [2.05, 4.69) is 6.07 Å². The van der Waals surface area contributed by atoms with E-state index in [4.69, 9.17) is 23.2 Å². The van der Waals surface area contributed by atoms with Crippen molar-refractivity contribution in [3.63, 3.8) is 0 Å². The van der Waals surface area contributed by atoms with Crippen LogP contribution in [0.3, 0.4) is 0 Å². The minimum absolute atomic E-state index is 0.197. The van der Waals surface area contributed by atoms with E-state index in [1.54, 1.807) is 0 Å². The molecular formula is C7H3Cl2F2. The number of benzene rings is 1. The lowest BCUT2D eigenvalue weighted by molar-refractivity contribution is 0.0951. The summed E-state index contributed by atoms with van der Waals surface area (Å²) in [5.74, 6) is 0. The Morgan fingerprint density at radius 3 is 2.36 bits per heavy atom. The van der Waals surface area contributed by atoms with Gasteiger partial charge in [-0.15, -0.1) is 0 Å². The van der Waals surface area contributed by atoms with Gasteiger partial charge in [0.05, 0.1) is 0 Å². The minimum atomic E-state index is -3.36. The Labute approximate surface area is 72.7 Å². The summed E-state index contributed by atoms with van der Waals surface area (Å²) < 4.78 is 24.6. The van der Waals surface area contributed by atoms with Crippen molar-refractivity contribution >= 4 is 23.2 Å². The van der Waals surface area contributed by atoms with Crippen molar-refractivity contribution in [2.75, 3.05) is 0 Å². The zero-order valence-corrected chi connectivity index (χ0v) is 6.76. The van der Waals surface area contributed by atoms with Gasteiger partial charge in [-0.1, -0.05) is 11.6 Å². The second-order valence-electron chi connectivity index (χ2n) is 1.94. The molecule has 4 heteroatoms. The van der Waals surface area contributed by atoms with E-state index in [1.807, 2.05) is 0 Å². The quantitative estimate of drug-likeness (QED) is 0.603. The first-order chi connectivity index (χ1) is 5.00. The van der Waals surface area contributed by atoms with Crippen LogP contribution in [0.2, 0.25) is 5.02 Å². The average Bonchev–Trinajstić information content (AvgIpc) is 1.86. The van der Waals surface area contributed by atoms with E-state index in [-0.39, 0.29) is 10.6 Å². The largest absolute Gasteiger partial charge is 0.348 e. The highest BCUT2D eigenvalue weighted by Crippen LogP contribution is 2.32. The number of hydrogen-bond acceptors (Lipinski definition) is 0. The summed E-state index contributed by atoms with van der Waals surface area (Å²) >= 11 is 10.1. The van der Waals surface area contributed by atoms with Crippen molar-refractivity contribution in [1.29, 1.82) is 0 Å². The molecule has 0 heterocycles. The van der Waals surface area contributed by atoms with Crippen LogP contribution in [0.1, 0.15) is 5.56 Å². The van der Waals surface area contributed by atoms with Crippen LogP contribution in [-0.2, 0) is 5.38 Å². The predicted molar refractivity (Wildman–Crippen MR) is 40.0 cm³/mol. The van der Waals surface area contributed by atoms with Crippen molar-refractivity contribution in [1.82, 2.24) is 0 Å². The molecule has 0 atom stereocenters. The number of alkyl halides is 3. The Hall–Kier alpha value is -0.340. The first-order valence-corrected chi connectivity index (χ1v) is 3.49. The molecule has 0 N–H and O–H groups in total. The molecule has 0 fully saturated rings. The Kier molecular flexibility index (Phi) is 2.35. The second kappa shape index (κ2) is 2.95. The van der Waals surface area contributed by atoms with Gasteiger partial charge in [0.1, 0.15) is 0 Å². The first kappa shape index (κ1) is 8.75. The van der Waals surface area contributed by atoms with Crippen LogP contribution in [-0.4, -0.2) is 0 Å². The maximum Gasteiger partial charge on any atom is 0.348 e. The van der Waals surface area contributed by atoms with Crippen LogP contribution < -0.4 is 0 Å². The molecule has 0 unspecified atom stereocenters. The van der Waals surface area contributed by atoms with Crippen LogP contribution in [0, 0.1) is 6.07 Å². The van der Waals surface area contributed by atoms with Crippen LogP contribution in [0.15, 0.2) is 18.2 Å². The molecule has 1 rings (SSSR count). The SMILES string of the molecule is FC(F)(Cl)c1c[c]cc(Cl)c1. The van der Waals surface area contributed by atoms with Crippen molar-refractivity contribution in [2.45, 2.75) is 5.38 Å². The molecule has 0 aliphatic carbocycles. The minimum Gasteiger partial charge on any atom is -0.183 e. The van der Waals surface area contributed by atoms with Crippen molar-refractivity contribution < 1.29 is 8.78 Å². The number of rotatable bonds is 1. The van der Waals surface area contributed by atoms with Crippen molar-refractivity contribution in [3.05, 3.63) is 34.9 Å². The molecule has 59 valence electrons. The monoisotopic (exact) mass is 195 g/mol.